The van der Waals surface area contributed by atoms with Crippen molar-refractivity contribution in [2.75, 3.05) is 18.0 Å². The molecule has 3 rings (SSSR count). The van der Waals surface area contributed by atoms with Crippen molar-refractivity contribution in [2.24, 2.45) is 0 Å². The van der Waals surface area contributed by atoms with Crippen molar-refractivity contribution in [3.05, 3.63) is 42.5 Å². The minimum atomic E-state index is -4.67. The highest BCUT2D eigenvalue weighted by atomic mass is 19.4. The minimum absolute atomic E-state index is 0.230. The van der Waals surface area contributed by atoms with Crippen molar-refractivity contribution < 1.29 is 17.9 Å². The van der Waals surface area contributed by atoms with Crippen LogP contribution in [0.5, 0.6) is 5.75 Å². The van der Waals surface area contributed by atoms with Gasteiger partial charge in [-0.15, -0.1) is 13.2 Å². The van der Waals surface area contributed by atoms with Gasteiger partial charge >= 0.3 is 6.36 Å². The number of hydrogen-bond donors (Lipinski definition) is 0. The lowest BCUT2D eigenvalue weighted by molar-refractivity contribution is -0.274. The number of benzene rings is 1. The number of anilines is 1. The van der Waals surface area contributed by atoms with Crippen LogP contribution in [0.3, 0.4) is 0 Å². The first-order valence-electron chi connectivity index (χ1n) is 7.09. The molecule has 1 aromatic carbocycles. The van der Waals surface area contributed by atoms with Gasteiger partial charge in [0.2, 0.25) is 0 Å². The first-order valence-corrected chi connectivity index (χ1v) is 7.09. The van der Waals surface area contributed by atoms with E-state index in [9.17, 15) is 13.2 Å². The quantitative estimate of drug-likeness (QED) is 0.847. The van der Waals surface area contributed by atoms with Crippen LogP contribution in [0.15, 0.2) is 42.5 Å². The lowest BCUT2D eigenvalue weighted by Crippen LogP contribution is -2.18. The molecular formula is C16H15F3N2O. The number of ether oxygens (including phenoxy) is 1. The second kappa shape index (κ2) is 5.87. The normalized spacial score (nSPS) is 15.1. The van der Waals surface area contributed by atoms with Gasteiger partial charge in [0, 0.05) is 18.7 Å². The van der Waals surface area contributed by atoms with E-state index in [0.29, 0.717) is 0 Å². The lowest BCUT2D eigenvalue weighted by Gasteiger charge is -2.17. The van der Waals surface area contributed by atoms with Crippen LogP contribution >= 0.6 is 0 Å². The van der Waals surface area contributed by atoms with E-state index in [1.165, 1.54) is 12.1 Å². The maximum Gasteiger partial charge on any atom is 0.573 e. The molecule has 0 spiro atoms. The van der Waals surface area contributed by atoms with Crippen molar-refractivity contribution >= 4 is 5.82 Å². The van der Waals surface area contributed by atoms with Gasteiger partial charge in [-0.1, -0.05) is 6.07 Å². The molecule has 1 saturated heterocycles. The van der Waals surface area contributed by atoms with Crippen LogP contribution < -0.4 is 9.64 Å². The Kier molecular flexibility index (Phi) is 3.92. The van der Waals surface area contributed by atoms with E-state index in [1.807, 2.05) is 18.2 Å². The van der Waals surface area contributed by atoms with Gasteiger partial charge in [0.25, 0.3) is 0 Å². The maximum atomic E-state index is 12.2. The summed E-state index contributed by atoms with van der Waals surface area (Å²) in [5.74, 6) is 0.678. The van der Waals surface area contributed by atoms with Crippen molar-refractivity contribution in [2.45, 2.75) is 19.2 Å². The first-order chi connectivity index (χ1) is 10.5. The fourth-order valence-corrected chi connectivity index (χ4v) is 2.53. The summed E-state index contributed by atoms with van der Waals surface area (Å²) in [4.78, 5) is 6.81. The molecular weight excluding hydrogens is 293 g/mol. The Morgan fingerprint density at radius 1 is 0.955 bits per heavy atom. The summed E-state index contributed by atoms with van der Waals surface area (Å²) in [6.07, 6.45) is -2.35. The zero-order valence-corrected chi connectivity index (χ0v) is 11.8. The zero-order valence-electron chi connectivity index (χ0n) is 11.8. The molecule has 1 aromatic heterocycles. The van der Waals surface area contributed by atoms with Crippen molar-refractivity contribution in [1.29, 1.82) is 0 Å². The molecule has 0 atom stereocenters. The number of alkyl halides is 3. The van der Waals surface area contributed by atoms with E-state index in [4.69, 9.17) is 0 Å². The van der Waals surface area contributed by atoms with Gasteiger partial charge < -0.3 is 9.64 Å². The predicted octanol–water partition coefficient (Wildman–Crippen LogP) is 4.25. The molecule has 2 aromatic rings. The molecule has 1 aliphatic rings. The average Bonchev–Trinajstić information content (AvgIpc) is 3.01. The molecule has 6 heteroatoms. The van der Waals surface area contributed by atoms with E-state index in [2.05, 4.69) is 14.6 Å². The molecule has 0 aliphatic carbocycles. The summed E-state index contributed by atoms with van der Waals surface area (Å²) in [7, 11) is 0. The largest absolute Gasteiger partial charge is 0.573 e. The van der Waals surface area contributed by atoms with Gasteiger partial charge in [0.15, 0.2) is 0 Å². The maximum absolute atomic E-state index is 12.2. The molecule has 22 heavy (non-hydrogen) atoms. The van der Waals surface area contributed by atoms with Gasteiger partial charge in [0.05, 0.1) is 5.69 Å². The number of hydrogen-bond acceptors (Lipinski definition) is 3. The molecule has 1 aliphatic heterocycles. The minimum Gasteiger partial charge on any atom is -0.406 e. The van der Waals surface area contributed by atoms with Crippen LogP contribution in [0.2, 0.25) is 0 Å². The van der Waals surface area contributed by atoms with E-state index < -0.39 is 6.36 Å². The summed E-state index contributed by atoms with van der Waals surface area (Å²) < 4.78 is 40.3. The van der Waals surface area contributed by atoms with Gasteiger partial charge in [-0.2, -0.15) is 0 Å². The molecule has 0 N–H and O–H groups in total. The lowest BCUT2D eigenvalue weighted by atomic mass is 10.1. The average molecular weight is 308 g/mol. The zero-order chi connectivity index (χ0) is 15.6. The molecule has 0 amide bonds. The highest BCUT2D eigenvalue weighted by Gasteiger charge is 2.30. The van der Waals surface area contributed by atoms with E-state index >= 15 is 0 Å². The smallest absolute Gasteiger partial charge is 0.406 e. The number of pyridine rings is 1. The number of aromatic nitrogens is 1. The van der Waals surface area contributed by atoms with E-state index in [-0.39, 0.29) is 5.75 Å². The Bertz CT molecular complexity index is 635. The van der Waals surface area contributed by atoms with Crippen molar-refractivity contribution in [3.63, 3.8) is 0 Å². The molecule has 1 fully saturated rings. The Labute approximate surface area is 126 Å². The number of nitrogens with zero attached hydrogens (tertiary/aromatic N) is 2. The highest BCUT2D eigenvalue weighted by molar-refractivity contribution is 5.62. The molecule has 0 bridgehead atoms. The summed E-state index contributed by atoms with van der Waals surface area (Å²) in [5.41, 5.74) is 1.50. The molecule has 3 nitrogen and oxygen atoms in total. The molecule has 116 valence electrons. The van der Waals surface area contributed by atoms with Crippen LogP contribution in [0.1, 0.15) is 12.8 Å². The molecule has 0 radical (unpaired) electrons. The number of halogens is 3. The van der Waals surface area contributed by atoms with Gasteiger partial charge in [-0.25, -0.2) is 4.98 Å². The fourth-order valence-electron chi connectivity index (χ4n) is 2.53. The van der Waals surface area contributed by atoms with Crippen LogP contribution in [0.25, 0.3) is 11.3 Å². The van der Waals surface area contributed by atoms with Gasteiger partial charge in [-0.3, -0.25) is 0 Å². The van der Waals surface area contributed by atoms with Gasteiger partial charge in [0.1, 0.15) is 11.6 Å². The van der Waals surface area contributed by atoms with Crippen LogP contribution in [0, 0.1) is 0 Å². The third-order valence-corrected chi connectivity index (χ3v) is 3.55. The summed E-state index contributed by atoms with van der Waals surface area (Å²) in [6, 6.07) is 11.5. The Morgan fingerprint density at radius 3 is 2.27 bits per heavy atom. The predicted molar refractivity (Wildman–Crippen MR) is 77.8 cm³/mol. The summed E-state index contributed by atoms with van der Waals surface area (Å²) >= 11 is 0. The van der Waals surface area contributed by atoms with Crippen molar-refractivity contribution in [3.8, 4) is 17.0 Å². The summed E-state index contributed by atoms with van der Waals surface area (Å²) in [5, 5.41) is 0. The van der Waals surface area contributed by atoms with Gasteiger partial charge in [-0.05, 0) is 49.2 Å². The van der Waals surface area contributed by atoms with Crippen LogP contribution in [-0.4, -0.2) is 24.4 Å². The van der Waals surface area contributed by atoms with Crippen LogP contribution in [-0.2, 0) is 0 Å². The monoisotopic (exact) mass is 308 g/mol. The Hall–Kier alpha value is -2.24. The molecule has 2 heterocycles. The summed E-state index contributed by atoms with van der Waals surface area (Å²) in [6.45, 7) is 1.99. The highest BCUT2D eigenvalue weighted by Crippen LogP contribution is 2.27. The molecule has 0 unspecified atom stereocenters. The SMILES string of the molecule is FC(F)(F)Oc1ccc(-c2cccc(N3CCCC3)n2)cc1. The standard InChI is InChI=1S/C16H15F3N2O/c17-16(18,19)22-13-8-6-12(7-9-13)14-4-3-5-15(20-14)21-10-1-2-11-21/h3-9H,1-2,10-11H2. The second-order valence-electron chi connectivity index (χ2n) is 5.15. The number of rotatable bonds is 3. The van der Waals surface area contributed by atoms with Crippen molar-refractivity contribution in [1.82, 2.24) is 4.98 Å². The third-order valence-electron chi connectivity index (χ3n) is 3.55. The Morgan fingerprint density at radius 2 is 1.64 bits per heavy atom. The van der Waals surface area contributed by atoms with Crippen LogP contribution in [0.4, 0.5) is 19.0 Å². The molecule has 0 saturated carbocycles. The Balaban J connectivity index is 1.80. The van der Waals surface area contributed by atoms with E-state index in [1.54, 1.807) is 12.1 Å². The van der Waals surface area contributed by atoms with E-state index in [0.717, 1.165) is 43.0 Å². The first kappa shape index (κ1) is 14.7. The third kappa shape index (κ3) is 3.50. The fraction of sp³-hybridized carbons (Fsp3) is 0.312. The second-order valence-corrected chi connectivity index (χ2v) is 5.15. The topological polar surface area (TPSA) is 25.4 Å².